The van der Waals surface area contributed by atoms with E-state index < -0.39 is 21.7 Å². The molecule has 5 nitrogen and oxygen atoms in total. The largest absolute Gasteiger partial charge is 0.480 e. The molecule has 0 heterocycles. The standard InChI is InChI=1S/C10H12FNO4S/c11-9-3-1-8(2-4-9)5-6-12-17(15,16)7-10(13)14/h1-4,12H,5-7H2,(H,13,14). The summed E-state index contributed by atoms with van der Waals surface area (Å²) in [6.45, 7) is 0.0846. The van der Waals surface area contributed by atoms with Crippen molar-refractivity contribution in [3.05, 3.63) is 35.6 Å². The molecule has 1 rings (SSSR count). The molecule has 0 saturated carbocycles. The SMILES string of the molecule is O=C(O)CS(=O)(=O)NCCc1ccc(F)cc1. The minimum absolute atomic E-state index is 0.0846. The molecule has 0 bridgehead atoms. The molecule has 0 aliphatic rings. The van der Waals surface area contributed by atoms with Crippen molar-refractivity contribution in [3.8, 4) is 0 Å². The molecule has 17 heavy (non-hydrogen) atoms. The van der Waals surface area contributed by atoms with Gasteiger partial charge in [0.15, 0.2) is 5.75 Å². The molecule has 0 radical (unpaired) electrons. The van der Waals surface area contributed by atoms with Crippen LogP contribution in [-0.2, 0) is 21.2 Å². The second kappa shape index (κ2) is 5.74. The predicted molar refractivity (Wildman–Crippen MR) is 59.5 cm³/mol. The highest BCUT2D eigenvalue weighted by atomic mass is 32.2. The Morgan fingerprint density at radius 1 is 1.29 bits per heavy atom. The third-order valence-corrected chi connectivity index (χ3v) is 3.23. The first-order valence-electron chi connectivity index (χ1n) is 4.82. The van der Waals surface area contributed by atoms with Crippen molar-refractivity contribution in [2.24, 2.45) is 0 Å². The highest BCUT2D eigenvalue weighted by molar-refractivity contribution is 7.90. The van der Waals surface area contributed by atoms with Gasteiger partial charge in [-0.2, -0.15) is 0 Å². The van der Waals surface area contributed by atoms with Gasteiger partial charge in [-0.3, -0.25) is 4.79 Å². The number of carboxylic acid groups (broad SMARTS) is 1. The van der Waals surface area contributed by atoms with Gasteiger partial charge >= 0.3 is 5.97 Å². The third kappa shape index (κ3) is 5.41. The third-order valence-electron chi connectivity index (χ3n) is 1.96. The summed E-state index contributed by atoms with van der Waals surface area (Å²) in [4.78, 5) is 10.2. The minimum Gasteiger partial charge on any atom is -0.480 e. The zero-order valence-electron chi connectivity index (χ0n) is 8.89. The number of halogens is 1. The lowest BCUT2D eigenvalue weighted by Gasteiger charge is -2.04. The lowest BCUT2D eigenvalue weighted by molar-refractivity contribution is -0.134. The molecule has 94 valence electrons. The van der Waals surface area contributed by atoms with E-state index in [2.05, 4.69) is 4.72 Å². The van der Waals surface area contributed by atoms with Crippen molar-refractivity contribution in [1.82, 2.24) is 4.72 Å². The summed E-state index contributed by atoms with van der Waals surface area (Å²) in [5.41, 5.74) is 0.768. The van der Waals surface area contributed by atoms with Crippen LogP contribution in [0.25, 0.3) is 0 Å². The van der Waals surface area contributed by atoms with E-state index in [1.807, 2.05) is 0 Å². The second-order valence-corrected chi connectivity index (χ2v) is 5.23. The van der Waals surface area contributed by atoms with Crippen LogP contribution in [0.1, 0.15) is 5.56 Å². The van der Waals surface area contributed by atoms with E-state index in [1.54, 1.807) is 12.1 Å². The van der Waals surface area contributed by atoms with Crippen molar-refractivity contribution < 1.29 is 22.7 Å². The number of rotatable bonds is 6. The normalized spacial score (nSPS) is 11.4. The Kier molecular flexibility index (Phi) is 4.59. The first kappa shape index (κ1) is 13.6. The van der Waals surface area contributed by atoms with Gasteiger partial charge in [0, 0.05) is 6.54 Å². The topological polar surface area (TPSA) is 83.5 Å². The molecule has 0 unspecified atom stereocenters. The summed E-state index contributed by atoms with van der Waals surface area (Å²) in [5.74, 6) is -2.71. The highest BCUT2D eigenvalue weighted by Gasteiger charge is 2.14. The van der Waals surface area contributed by atoms with Crippen LogP contribution in [0, 0.1) is 5.82 Å². The van der Waals surface area contributed by atoms with Gasteiger partial charge in [-0.15, -0.1) is 0 Å². The summed E-state index contributed by atoms with van der Waals surface area (Å²) in [6.07, 6.45) is 0.374. The number of nitrogens with one attached hydrogen (secondary N) is 1. The van der Waals surface area contributed by atoms with Gasteiger partial charge in [0.05, 0.1) is 0 Å². The van der Waals surface area contributed by atoms with E-state index in [0.717, 1.165) is 5.56 Å². The molecule has 7 heteroatoms. The van der Waals surface area contributed by atoms with E-state index in [4.69, 9.17) is 5.11 Å². The lowest BCUT2D eigenvalue weighted by Crippen LogP contribution is -2.31. The number of benzene rings is 1. The van der Waals surface area contributed by atoms with Crippen molar-refractivity contribution in [2.45, 2.75) is 6.42 Å². The Bertz CT molecular complexity index is 484. The van der Waals surface area contributed by atoms with Crippen molar-refractivity contribution in [1.29, 1.82) is 0 Å². The van der Waals surface area contributed by atoms with Crippen LogP contribution in [0.5, 0.6) is 0 Å². The zero-order valence-corrected chi connectivity index (χ0v) is 9.71. The van der Waals surface area contributed by atoms with Crippen LogP contribution in [0.4, 0.5) is 4.39 Å². The average Bonchev–Trinajstić information content (AvgIpc) is 2.18. The number of carboxylic acids is 1. The maximum Gasteiger partial charge on any atom is 0.320 e. The van der Waals surface area contributed by atoms with Crippen LogP contribution in [0.2, 0.25) is 0 Å². The smallest absolute Gasteiger partial charge is 0.320 e. The summed E-state index contributed by atoms with van der Waals surface area (Å²) in [7, 11) is -3.78. The number of carbonyl (C=O) groups is 1. The molecule has 0 spiro atoms. The molecule has 0 saturated heterocycles. The Labute approximate surface area is 98.3 Å². The van der Waals surface area contributed by atoms with Crippen LogP contribution in [-0.4, -0.2) is 31.8 Å². The fourth-order valence-electron chi connectivity index (χ4n) is 1.22. The highest BCUT2D eigenvalue weighted by Crippen LogP contribution is 2.02. The van der Waals surface area contributed by atoms with Crippen molar-refractivity contribution >= 4 is 16.0 Å². The minimum atomic E-state index is -3.78. The van der Waals surface area contributed by atoms with Gasteiger partial charge in [-0.25, -0.2) is 17.5 Å². The van der Waals surface area contributed by atoms with Gasteiger partial charge in [0.25, 0.3) is 0 Å². The lowest BCUT2D eigenvalue weighted by atomic mass is 10.1. The zero-order chi connectivity index (χ0) is 12.9. The molecule has 2 N–H and O–H groups in total. The molecular weight excluding hydrogens is 249 g/mol. The van der Waals surface area contributed by atoms with Crippen LogP contribution >= 0.6 is 0 Å². The molecule has 1 aromatic carbocycles. The quantitative estimate of drug-likeness (QED) is 0.775. The molecular formula is C10H12FNO4S. The molecule has 1 aromatic rings. The van der Waals surface area contributed by atoms with Crippen molar-refractivity contribution in [2.75, 3.05) is 12.3 Å². The summed E-state index contributed by atoms with van der Waals surface area (Å²) in [6, 6.07) is 5.64. The Balaban J connectivity index is 2.42. The Hall–Kier alpha value is -1.47. The number of hydrogen-bond acceptors (Lipinski definition) is 3. The monoisotopic (exact) mass is 261 g/mol. The molecule has 0 aromatic heterocycles. The van der Waals surface area contributed by atoms with E-state index >= 15 is 0 Å². The Morgan fingerprint density at radius 3 is 2.41 bits per heavy atom. The van der Waals surface area contributed by atoms with E-state index in [0.29, 0.717) is 6.42 Å². The first-order valence-corrected chi connectivity index (χ1v) is 6.48. The predicted octanol–water partition coefficient (Wildman–Crippen LogP) is 0.372. The summed E-state index contributed by atoms with van der Waals surface area (Å²) < 4.78 is 37.0. The van der Waals surface area contributed by atoms with E-state index in [1.165, 1.54) is 12.1 Å². The molecule has 0 amide bonds. The van der Waals surface area contributed by atoms with Gasteiger partial charge in [0.1, 0.15) is 5.82 Å². The van der Waals surface area contributed by atoms with Gasteiger partial charge in [-0.1, -0.05) is 12.1 Å². The van der Waals surface area contributed by atoms with Crippen LogP contribution < -0.4 is 4.72 Å². The summed E-state index contributed by atoms with van der Waals surface area (Å²) >= 11 is 0. The maximum atomic E-state index is 12.6. The first-order chi connectivity index (χ1) is 7.89. The number of aliphatic carboxylic acids is 1. The average molecular weight is 261 g/mol. The van der Waals surface area contributed by atoms with Gasteiger partial charge < -0.3 is 5.11 Å². The maximum absolute atomic E-state index is 12.6. The fourth-order valence-corrected chi connectivity index (χ4v) is 2.06. The van der Waals surface area contributed by atoms with Gasteiger partial charge in [-0.05, 0) is 24.1 Å². The Morgan fingerprint density at radius 2 is 1.88 bits per heavy atom. The van der Waals surface area contributed by atoms with Crippen molar-refractivity contribution in [3.63, 3.8) is 0 Å². The van der Waals surface area contributed by atoms with E-state index in [-0.39, 0.29) is 12.4 Å². The van der Waals surface area contributed by atoms with Gasteiger partial charge in [0.2, 0.25) is 10.0 Å². The molecule has 0 aliphatic carbocycles. The second-order valence-electron chi connectivity index (χ2n) is 3.42. The molecule has 0 fully saturated rings. The summed E-state index contributed by atoms with van der Waals surface area (Å²) in [5, 5.41) is 8.34. The fraction of sp³-hybridized carbons (Fsp3) is 0.300. The van der Waals surface area contributed by atoms with E-state index in [9.17, 15) is 17.6 Å². The molecule has 0 aliphatic heterocycles. The molecule has 0 atom stereocenters. The number of hydrogen-bond donors (Lipinski definition) is 2. The number of sulfonamides is 1. The van der Waals surface area contributed by atoms with Crippen LogP contribution in [0.3, 0.4) is 0 Å². The van der Waals surface area contributed by atoms with Crippen LogP contribution in [0.15, 0.2) is 24.3 Å².